The highest BCUT2D eigenvalue weighted by molar-refractivity contribution is 9.10. The van der Waals surface area contributed by atoms with Crippen molar-refractivity contribution in [1.29, 1.82) is 0 Å². The lowest BCUT2D eigenvalue weighted by Crippen LogP contribution is -1.96. The molecule has 0 spiro atoms. The van der Waals surface area contributed by atoms with Gasteiger partial charge in [0.1, 0.15) is 5.15 Å². The Hall–Kier alpha value is -1.62. The molecule has 0 saturated heterocycles. The second kappa shape index (κ2) is 6.02. The molecular weight excluding hydrogens is 352 g/mol. The highest BCUT2D eigenvalue weighted by Crippen LogP contribution is 2.25. The van der Waals surface area contributed by atoms with Gasteiger partial charge in [-0.1, -0.05) is 51.8 Å². The molecule has 0 saturated carbocycles. The zero-order valence-corrected chi connectivity index (χ0v) is 13.3. The van der Waals surface area contributed by atoms with Gasteiger partial charge in [-0.05, 0) is 35.4 Å². The third-order valence-electron chi connectivity index (χ3n) is 3.22. The van der Waals surface area contributed by atoms with E-state index in [0.717, 1.165) is 21.3 Å². The number of hydrogen-bond donors (Lipinski definition) is 1. The Balaban J connectivity index is 1.95. The van der Waals surface area contributed by atoms with E-state index in [1.54, 1.807) is 10.9 Å². The molecule has 3 rings (SSSR count). The first-order chi connectivity index (χ1) is 10.2. The maximum atomic E-state index is 9.16. The van der Waals surface area contributed by atoms with Crippen LogP contribution in [0, 0.1) is 0 Å². The smallest absolute Gasteiger partial charge is 0.138 e. The van der Waals surface area contributed by atoms with E-state index in [2.05, 4.69) is 33.2 Å². The summed E-state index contributed by atoms with van der Waals surface area (Å²) < 4.78 is 2.66. The number of nitrogens with zero attached hydrogens (tertiary/aromatic N) is 2. The summed E-state index contributed by atoms with van der Waals surface area (Å²) in [5.74, 6) is 0. The molecule has 0 amide bonds. The Bertz CT molecular complexity index is 768. The number of rotatable bonds is 3. The van der Waals surface area contributed by atoms with Gasteiger partial charge < -0.3 is 5.11 Å². The second-order valence-electron chi connectivity index (χ2n) is 4.59. The van der Waals surface area contributed by atoms with Crippen molar-refractivity contribution < 1.29 is 5.11 Å². The van der Waals surface area contributed by atoms with Crippen LogP contribution in [0.4, 0.5) is 0 Å². The first kappa shape index (κ1) is 14.3. The Kier molecular flexibility index (Phi) is 4.10. The summed E-state index contributed by atoms with van der Waals surface area (Å²) in [4.78, 5) is 0. The Labute approximate surface area is 135 Å². The predicted octanol–water partition coefficient (Wildman–Crippen LogP) is 4.45. The SMILES string of the molecule is OCc1cnn(-c2ccc(-c3cccc(Br)c3)cc2)c1Cl. The molecule has 2 aromatic carbocycles. The van der Waals surface area contributed by atoms with E-state index in [9.17, 15) is 0 Å². The van der Waals surface area contributed by atoms with Gasteiger partial charge in [-0.25, -0.2) is 4.68 Å². The Morgan fingerprint density at radius 1 is 1.10 bits per heavy atom. The van der Waals surface area contributed by atoms with E-state index in [-0.39, 0.29) is 6.61 Å². The third kappa shape index (κ3) is 2.88. The molecule has 0 unspecified atom stereocenters. The number of halogens is 2. The van der Waals surface area contributed by atoms with Crippen molar-refractivity contribution in [2.45, 2.75) is 6.61 Å². The van der Waals surface area contributed by atoms with Crippen LogP contribution in [0.15, 0.2) is 59.2 Å². The molecule has 5 heteroatoms. The topological polar surface area (TPSA) is 38.1 Å². The molecule has 0 aliphatic carbocycles. The summed E-state index contributed by atoms with van der Waals surface area (Å²) in [6.07, 6.45) is 1.57. The maximum Gasteiger partial charge on any atom is 0.138 e. The largest absolute Gasteiger partial charge is 0.392 e. The zero-order chi connectivity index (χ0) is 14.8. The average molecular weight is 364 g/mol. The molecule has 0 atom stereocenters. The third-order valence-corrected chi connectivity index (χ3v) is 4.12. The molecule has 0 aliphatic heterocycles. The Morgan fingerprint density at radius 2 is 1.86 bits per heavy atom. The highest BCUT2D eigenvalue weighted by atomic mass is 79.9. The molecule has 1 aromatic heterocycles. The van der Waals surface area contributed by atoms with Crippen LogP contribution in [0.1, 0.15) is 5.56 Å². The first-order valence-electron chi connectivity index (χ1n) is 6.38. The first-order valence-corrected chi connectivity index (χ1v) is 7.56. The molecule has 0 bridgehead atoms. The van der Waals surface area contributed by atoms with Crippen LogP contribution in [0.25, 0.3) is 16.8 Å². The van der Waals surface area contributed by atoms with Crippen LogP contribution < -0.4 is 0 Å². The zero-order valence-electron chi connectivity index (χ0n) is 11.0. The van der Waals surface area contributed by atoms with Gasteiger partial charge in [0.2, 0.25) is 0 Å². The van der Waals surface area contributed by atoms with Crippen LogP contribution in [0.5, 0.6) is 0 Å². The fraction of sp³-hybridized carbons (Fsp3) is 0.0625. The van der Waals surface area contributed by atoms with Crippen LogP contribution in [-0.4, -0.2) is 14.9 Å². The van der Waals surface area contributed by atoms with E-state index in [1.165, 1.54) is 0 Å². The summed E-state index contributed by atoms with van der Waals surface area (Å²) in [7, 11) is 0. The average Bonchev–Trinajstić information content (AvgIpc) is 2.88. The van der Waals surface area contributed by atoms with Crippen molar-refractivity contribution in [2.75, 3.05) is 0 Å². The fourth-order valence-electron chi connectivity index (χ4n) is 2.12. The number of aromatic nitrogens is 2. The van der Waals surface area contributed by atoms with Gasteiger partial charge in [0.15, 0.2) is 0 Å². The lowest BCUT2D eigenvalue weighted by Gasteiger charge is -2.06. The van der Waals surface area contributed by atoms with Crippen molar-refractivity contribution in [2.24, 2.45) is 0 Å². The number of aliphatic hydroxyl groups is 1. The van der Waals surface area contributed by atoms with E-state index < -0.39 is 0 Å². The molecule has 1 N–H and O–H groups in total. The van der Waals surface area contributed by atoms with Crippen LogP contribution in [0.2, 0.25) is 5.15 Å². The minimum Gasteiger partial charge on any atom is -0.392 e. The van der Waals surface area contributed by atoms with Gasteiger partial charge >= 0.3 is 0 Å². The van der Waals surface area contributed by atoms with E-state index in [4.69, 9.17) is 16.7 Å². The molecule has 21 heavy (non-hydrogen) atoms. The minimum absolute atomic E-state index is 0.116. The van der Waals surface area contributed by atoms with Crippen molar-refractivity contribution in [3.8, 4) is 16.8 Å². The van der Waals surface area contributed by atoms with E-state index in [0.29, 0.717) is 10.7 Å². The molecule has 0 aliphatic rings. The molecular formula is C16H12BrClN2O. The predicted molar refractivity (Wildman–Crippen MR) is 87.6 cm³/mol. The van der Waals surface area contributed by atoms with Crippen molar-refractivity contribution >= 4 is 27.5 Å². The van der Waals surface area contributed by atoms with Gasteiger partial charge in [0, 0.05) is 10.0 Å². The van der Waals surface area contributed by atoms with Gasteiger partial charge in [-0.15, -0.1) is 0 Å². The molecule has 0 radical (unpaired) electrons. The van der Waals surface area contributed by atoms with Crippen LogP contribution in [-0.2, 0) is 6.61 Å². The normalized spacial score (nSPS) is 10.8. The monoisotopic (exact) mass is 362 g/mol. The second-order valence-corrected chi connectivity index (χ2v) is 5.86. The standard InChI is InChI=1S/C16H12BrClN2O/c17-14-3-1-2-12(8-14)11-4-6-15(7-5-11)20-16(18)13(10-21)9-19-20/h1-9,21H,10H2. The molecule has 3 aromatic rings. The maximum absolute atomic E-state index is 9.16. The van der Waals surface area contributed by atoms with Gasteiger partial charge in [0.05, 0.1) is 18.5 Å². The fourth-order valence-corrected chi connectivity index (χ4v) is 2.77. The quantitative estimate of drug-likeness (QED) is 0.746. The lowest BCUT2D eigenvalue weighted by molar-refractivity contribution is 0.282. The summed E-state index contributed by atoms with van der Waals surface area (Å²) >= 11 is 9.65. The summed E-state index contributed by atoms with van der Waals surface area (Å²) in [6, 6.07) is 16.1. The van der Waals surface area contributed by atoms with E-state index >= 15 is 0 Å². The molecule has 3 nitrogen and oxygen atoms in total. The van der Waals surface area contributed by atoms with Crippen LogP contribution in [0.3, 0.4) is 0 Å². The van der Waals surface area contributed by atoms with Gasteiger partial charge in [-0.3, -0.25) is 0 Å². The molecule has 106 valence electrons. The summed E-state index contributed by atoms with van der Waals surface area (Å²) in [6.45, 7) is -0.116. The summed E-state index contributed by atoms with van der Waals surface area (Å²) in [5, 5.41) is 13.8. The lowest BCUT2D eigenvalue weighted by atomic mass is 10.1. The number of aliphatic hydroxyl groups excluding tert-OH is 1. The van der Waals surface area contributed by atoms with Gasteiger partial charge in [0.25, 0.3) is 0 Å². The highest BCUT2D eigenvalue weighted by Gasteiger charge is 2.09. The van der Waals surface area contributed by atoms with E-state index in [1.807, 2.05) is 36.4 Å². The number of benzene rings is 2. The molecule has 1 heterocycles. The van der Waals surface area contributed by atoms with Crippen LogP contribution >= 0.6 is 27.5 Å². The minimum atomic E-state index is -0.116. The van der Waals surface area contributed by atoms with Crippen molar-refractivity contribution in [3.63, 3.8) is 0 Å². The van der Waals surface area contributed by atoms with Gasteiger partial charge in [-0.2, -0.15) is 5.10 Å². The van der Waals surface area contributed by atoms with Crippen molar-refractivity contribution in [3.05, 3.63) is 69.9 Å². The molecule has 0 fully saturated rings. The van der Waals surface area contributed by atoms with Crippen molar-refractivity contribution in [1.82, 2.24) is 9.78 Å². The number of hydrogen-bond acceptors (Lipinski definition) is 2. The summed E-state index contributed by atoms with van der Waals surface area (Å²) in [5.41, 5.74) is 3.73. The Morgan fingerprint density at radius 3 is 2.48 bits per heavy atom.